The summed E-state index contributed by atoms with van der Waals surface area (Å²) in [5.74, 6) is 2.14. The van der Waals surface area contributed by atoms with Crippen molar-refractivity contribution in [3.8, 4) is 17.2 Å². The monoisotopic (exact) mass is 298 g/mol. The van der Waals surface area contributed by atoms with E-state index in [0.717, 1.165) is 23.5 Å². The molecule has 0 atom stereocenters. The molecule has 0 spiro atoms. The SMILES string of the molecule is CCN(C)/C=N/c1cc(OC)c(Oc2ccccc2)cc1C. The number of hydrogen-bond acceptors (Lipinski definition) is 3. The second-order valence-electron chi connectivity index (χ2n) is 5.02. The van der Waals surface area contributed by atoms with Crippen molar-refractivity contribution in [2.45, 2.75) is 13.8 Å². The molecule has 0 bridgehead atoms. The molecule has 0 aromatic heterocycles. The third-order valence-corrected chi connectivity index (χ3v) is 3.35. The van der Waals surface area contributed by atoms with Gasteiger partial charge in [0, 0.05) is 19.7 Å². The van der Waals surface area contributed by atoms with Crippen molar-refractivity contribution in [2.75, 3.05) is 20.7 Å². The molecule has 2 aromatic rings. The number of ether oxygens (including phenoxy) is 2. The number of benzene rings is 2. The Morgan fingerprint density at radius 1 is 1.14 bits per heavy atom. The van der Waals surface area contributed by atoms with Gasteiger partial charge in [0.25, 0.3) is 0 Å². The largest absolute Gasteiger partial charge is 0.493 e. The zero-order chi connectivity index (χ0) is 15.9. The molecule has 0 N–H and O–H groups in total. The quantitative estimate of drug-likeness (QED) is 0.585. The van der Waals surface area contributed by atoms with E-state index in [2.05, 4.69) is 11.9 Å². The fraction of sp³-hybridized carbons (Fsp3) is 0.278. The highest BCUT2D eigenvalue weighted by atomic mass is 16.5. The van der Waals surface area contributed by atoms with E-state index in [1.807, 2.05) is 67.7 Å². The van der Waals surface area contributed by atoms with E-state index in [4.69, 9.17) is 9.47 Å². The molecule has 0 radical (unpaired) electrons. The van der Waals surface area contributed by atoms with Gasteiger partial charge in [0.1, 0.15) is 5.75 Å². The number of methoxy groups -OCH3 is 1. The van der Waals surface area contributed by atoms with E-state index in [-0.39, 0.29) is 0 Å². The van der Waals surface area contributed by atoms with Crippen molar-refractivity contribution in [1.29, 1.82) is 0 Å². The van der Waals surface area contributed by atoms with Gasteiger partial charge in [-0.15, -0.1) is 0 Å². The average molecular weight is 298 g/mol. The van der Waals surface area contributed by atoms with Gasteiger partial charge >= 0.3 is 0 Å². The zero-order valence-corrected chi connectivity index (χ0v) is 13.5. The highest BCUT2D eigenvalue weighted by Gasteiger charge is 2.10. The first-order valence-electron chi connectivity index (χ1n) is 7.30. The van der Waals surface area contributed by atoms with Crippen LogP contribution in [0.3, 0.4) is 0 Å². The zero-order valence-electron chi connectivity index (χ0n) is 13.5. The van der Waals surface area contributed by atoms with E-state index < -0.39 is 0 Å². The lowest BCUT2D eigenvalue weighted by atomic mass is 10.2. The third kappa shape index (κ3) is 4.01. The molecule has 116 valence electrons. The summed E-state index contributed by atoms with van der Waals surface area (Å²) in [6.07, 6.45) is 1.82. The maximum absolute atomic E-state index is 5.90. The Morgan fingerprint density at radius 2 is 1.86 bits per heavy atom. The van der Waals surface area contributed by atoms with E-state index in [1.54, 1.807) is 7.11 Å². The van der Waals surface area contributed by atoms with Crippen molar-refractivity contribution in [1.82, 2.24) is 4.90 Å². The molecule has 2 rings (SSSR count). The minimum Gasteiger partial charge on any atom is -0.493 e. The molecule has 0 saturated carbocycles. The van der Waals surface area contributed by atoms with Crippen LogP contribution in [0.15, 0.2) is 47.5 Å². The molecule has 0 aliphatic carbocycles. The number of para-hydroxylation sites is 1. The van der Waals surface area contributed by atoms with Crippen LogP contribution < -0.4 is 9.47 Å². The summed E-state index contributed by atoms with van der Waals surface area (Å²) in [6, 6.07) is 13.5. The Labute approximate surface area is 132 Å². The molecular weight excluding hydrogens is 276 g/mol. The van der Waals surface area contributed by atoms with Crippen LogP contribution in [0.1, 0.15) is 12.5 Å². The molecule has 0 unspecified atom stereocenters. The number of aryl methyl sites for hydroxylation is 1. The molecule has 0 heterocycles. The van der Waals surface area contributed by atoms with Crippen LogP contribution in [0.5, 0.6) is 17.2 Å². The molecule has 2 aromatic carbocycles. The van der Waals surface area contributed by atoms with Gasteiger partial charge in [-0.05, 0) is 37.6 Å². The first-order valence-corrected chi connectivity index (χ1v) is 7.30. The second-order valence-corrected chi connectivity index (χ2v) is 5.02. The molecule has 0 saturated heterocycles. The number of rotatable bonds is 6. The maximum atomic E-state index is 5.90. The van der Waals surface area contributed by atoms with E-state index in [0.29, 0.717) is 11.5 Å². The summed E-state index contributed by atoms with van der Waals surface area (Å²) >= 11 is 0. The van der Waals surface area contributed by atoms with Gasteiger partial charge in [0.15, 0.2) is 11.5 Å². The normalized spacial score (nSPS) is 10.7. The van der Waals surface area contributed by atoms with Gasteiger partial charge in [-0.25, -0.2) is 4.99 Å². The van der Waals surface area contributed by atoms with Gasteiger partial charge in [-0.3, -0.25) is 0 Å². The molecule has 0 aliphatic rings. The van der Waals surface area contributed by atoms with Crippen molar-refractivity contribution in [3.63, 3.8) is 0 Å². The summed E-state index contributed by atoms with van der Waals surface area (Å²) < 4.78 is 11.3. The second kappa shape index (κ2) is 7.50. The summed E-state index contributed by atoms with van der Waals surface area (Å²) in [5, 5.41) is 0. The van der Waals surface area contributed by atoms with E-state index >= 15 is 0 Å². The van der Waals surface area contributed by atoms with Crippen LogP contribution in [0.4, 0.5) is 5.69 Å². The highest BCUT2D eigenvalue weighted by Crippen LogP contribution is 2.37. The Hall–Kier alpha value is -2.49. The highest BCUT2D eigenvalue weighted by molar-refractivity contribution is 5.66. The van der Waals surface area contributed by atoms with Gasteiger partial charge in [0.05, 0.1) is 19.1 Å². The molecule has 0 aliphatic heterocycles. The lowest BCUT2D eigenvalue weighted by Gasteiger charge is -2.13. The fourth-order valence-electron chi connectivity index (χ4n) is 1.89. The van der Waals surface area contributed by atoms with Gasteiger partial charge < -0.3 is 14.4 Å². The Balaban J connectivity index is 2.29. The predicted molar refractivity (Wildman–Crippen MR) is 90.7 cm³/mol. The average Bonchev–Trinajstić information content (AvgIpc) is 2.54. The van der Waals surface area contributed by atoms with Crippen LogP contribution in [-0.2, 0) is 0 Å². The van der Waals surface area contributed by atoms with Crippen molar-refractivity contribution in [3.05, 3.63) is 48.0 Å². The van der Waals surface area contributed by atoms with Crippen LogP contribution in [-0.4, -0.2) is 31.9 Å². The minimum absolute atomic E-state index is 0.667. The fourth-order valence-corrected chi connectivity index (χ4v) is 1.89. The smallest absolute Gasteiger partial charge is 0.169 e. The summed E-state index contributed by atoms with van der Waals surface area (Å²) in [6.45, 7) is 5.00. The van der Waals surface area contributed by atoms with Crippen molar-refractivity contribution in [2.24, 2.45) is 4.99 Å². The number of hydrogen-bond donors (Lipinski definition) is 0. The van der Waals surface area contributed by atoms with Crippen LogP contribution in [0, 0.1) is 6.92 Å². The van der Waals surface area contributed by atoms with E-state index in [9.17, 15) is 0 Å². The first-order chi connectivity index (χ1) is 10.6. The third-order valence-electron chi connectivity index (χ3n) is 3.35. The summed E-state index contributed by atoms with van der Waals surface area (Å²) in [7, 11) is 3.62. The van der Waals surface area contributed by atoms with Crippen molar-refractivity contribution < 1.29 is 9.47 Å². The topological polar surface area (TPSA) is 34.1 Å². The number of nitrogens with zero attached hydrogens (tertiary/aromatic N) is 2. The van der Waals surface area contributed by atoms with Crippen molar-refractivity contribution >= 4 is 12.0 Å². The molecule has 0 amide bonds. The Kier molecular flexibility index (Phi) is 5.42. The first kappa shape index (κ1) is 15.9. The van der Waals surface area contributed by atoms with Crippen LogP contribution in [0.25, 0.3) is 0 Å². The van der Waals surface area contributed by atoms with Gasteiger partial charge in [-0.2, -0.15) is 0 Å². The van der Waals surface area contributed by atoms with Gasteiger partial charge in [-0.1, -0.05) is 18.2 Å². The molecule has 22 heavy (non-hydrogen) atoms. The minimum atomic E-state index is 0.667. The van der Waals surface area contributed by atoms with E-state index in [1.165, 1.54) is 0 Å². The molecule has 4 heteroatoms. The Morgan fingerprint density at radius 3 is 2.50 bits per heavy atom. The molecule has 4 nitrogen and oxygen atoms in total. The van der Waals surface area contributed by atoms with Crippen LogP contribution in [0.2, 0.25) is 0 Å². The lowest BCUT2D eigenvalue weighted by molar-refractivity contribution is 0.379. The Bertz CT molecular complexity index is 639. The standard InChI is InChI=1S/C18H22N2O2/c1-5-20(3)13-19-16-12-17(21-4)18(11-14(16)2)22-15-9-7-6-8-10-15/h6-13H,5H2,1-4H3/b19-13+. The predicted octanol–water partition coefficient (Wildman–Crippen LogP) is 4.41. The molecule has 0 fully saturated rings. The van der Waals surface area contributed by atoms with Gasteiger partial charge in [0.2, 0.25) is 0 Å². The van der Waals surface area contributed by atoms with Crippen LogP contribution >= 0.6 is 0 Å². The summed E-state index contributed by atoms with van der Waals surface area (Å²) in [4.78, 5) is 6.51. The molecular formula is C18H22N2O2. The maximum Gasteiger partial charge on any atom is 0.169 e. The number of aliphatic imine (C=N–C) groups is 1. The summed E-state index contributed by atoms with van der Waals surface area (Å²) in [5.41, 5.74) is 1.91. The lowest BCUT2D eigenvalue weighted by Crippen LogP contribution is -2.14.